The molecule has 8 heteroatoms. The van der Waals surface area contributed by atoms with E-state index in [2.05, 4.69) is 5.10 Å². The number of carbonyl (C=O) groups is 3. The van der Waals surface area contributed by atoms with Crippen LogP contribution < -0.4 is 0 Å². The monoisotopic (exact) mass is 456 g/mol. The minimum absolute atomic E-state index is 0.0307. The van der Waals surface area contributed by atoms with Crippen molar-refractivity contribution in [3.8, 4) is 28.1 Å². The van der Waals surface area contributed by atoms with Gasteiger partial charge in [0.2, 0.25) is 0 Å². The molecule has 4 rings (SSSR count). The molecule has 0 spiro atoms. The van der Waals surface area contributed by atoms with Gasteiger partial charge in [-0.3, -0.25) is 0 Å². The average molecular weight is 456 g/mol. The minimum Gasteiger partial charge on any atom is -0.478 e. The van der Waals surface area contributed by atoms with Crippen molar-refractivity contribution in [2.24, 2.45) is 0 Å². The number of aromatic carboxylic acids is 1. The number of aromatic nitrogens is 2. The van der Waals surface area contributed by atoms with Gasteiger partial charge in [-0.25, -0.2) is 19.1 Å². The van der Waals surface area contributed by atoms with Crippen LogP contribution in [0.4, 0.5) is 0 Å². The lowest BCUT2D eigenvalue weighted by Crippen LogP contribution is -2.15. The summed E-state index contributed by atoms with van der Waals surface area (Å²) in [5, 5.41) is 14.1. The van der Waals surface area contributed by atoms with E-state index in [0.29, 0.717) is 22.4 Å². The van der Waals surface area contributed by atoms with Crippen LogP contribution >= 0.6 is 0 Å². The summed E-state index contributed by atoms with van der Waals surface area (Å²) in [4.78, 5) is 37.0. The highest BCUT2D eigenvalue weighted by Crippen LogP contribution is 2.31. The molecule has 0 amide bonds. The zero-order valence-corrected chi connectivity index (χ0v) is 18.4. The lowest BCUT2D eigenvalue weighted by atomic mass is 9.97. The molecule has 34 heavy (non-hydrogen) atoms. The fourth-order valence-electron chi connectivity index (χ4n) is 3.69. The van der Waals surface area contributed by atoms with Crippen molar-refractivity contribution in [3.63, 3.8) is 0 Å². The smallest absolute Gasteiger partial charge is 0.357 e. The number of nitrogens with zero attached hydrogens (tertiary/aromatic N) is 2. The SMILES string of the molecule is COC(=O)c1c(-c2ccc(-c3ccccc3C(=O)O)cc2)nn(-c2ccccc2)c1C(=O)OC. The van der Waals surface area contributed by atoms with Gasteiger partial charge in [-0.2, -0.15) is 5.10 Å². The molecule has 0 radical (unpaired) electrons. The van der Waals surface area contributed by atoms with Gasteiger partial charge in [0.05, 0.1) is 25.5 Å². The standard InChI is InChI=1S/C26H20N2O6/c1-33-25(31)21-22(27-28(23(21)26(32)34-2)18-8-4-3-5-9-18)17-14-12-16(13-15-17)19-10-6-7-11-20(19)24(29)30/h3-15H,1-2H3,(H,29,30). The first kappa shape index (κ1) is 22.5. The van der Waals surface area contributed by atoms with Crippen LogP contribution in [0.15, 0.2) is 78.9 Å². The summed E-state index contributed by atoms with van der Waals surface area (Å²) in [6.07, 6.45) is 0. The maximum atomic E-state index is 12.8. The highest BCUT2D eigenvalue weighted by atomic mass is 16.5. The highest BCUT2D eigenvalue weighted by molar-refractivity contribution is 6.07. The molecule has 0 atom stereocenters. The highest BCUT2D eigenvalue weighted by Gasteiger charge is 2.31. The van der Waals surface area contributed by atoms with E-state index in [0.717, 1.165) is 0 Å². The third kappa shape index (κ3) is 4.04. The molecule has 0 aliphatic carbocycles. The van der Waals surface area contributed by atoms with E-state index < -0.39 is 17.9 Å². The molecule has 8 nitrogen and oxygen atoms in total. The Morgan fingerprint density at radius 1 is 0.765 bits per heavy atom. The predicted molar refractivity (Wildman–Crippen MR) is 124 cm³/mol. The second-order valence-corrected chi connectivity index (χ2v) is 7.23. The molecule has 0 fully saturated rings. The maximum absolute atomic E-state index is 12.8. The molecule has 0 aliphatic heterocycles. The van der Waals surface area contributed by atoms with Crippen molar-refractivity contribution >= 4 is 17.9 Å². The van der Waals surface area contributed by atoms with Crippen LogP contribution in [0.5, 0.6) is 0 Å². The number of methoxy groups -OCH3 is 2. The Morgan fingerprint density at radius 3 is 1.97 bits per heavy atom. The Labute approximate surface area is 195 Å². The van der Waals surface area contributed by atoms with Crippen molar-refractivity contribution < 1.29 is 29.0 Å². The summed E-state index contributed by atoms with van der Waals surface area (Å²) in [5.74, 6) is -2.51. The zero-order valence-electron chi connectivity index (χ0n) is 18.4. The van der Waals surface area contributed by atoms with E-state index in [1.807, 2.05) is 6.07 Å². The predicted octanol–water partition coefficient (Wildman–Crippen LogP) is 4.48. The lowest BCUT2D eigenvalue weighted by molar-refractivity contribution is 0.0549. The fourth-order valence-corrected chi connectivity index (χ4v) is 3.69. The van der Waals surface area contributed by atoms with Crippen LogP contribution in [0, 0.1) is 0 Å². The van der Waals surface area contributed by atoms with Crippen molar-refractivity contribution in [1.82, 2.24) is 9.78 Å². The van der Waals surface area contributed by atoms with E-state index in [1.54, 1.807) is 66.7 Å². The second kappa shape index (κ2) is 9.41. The number of carboxylic acid groups (broad SMARTS) is 1. The Bertz CT molecular complexity index is 1370. The number of benzene rings is 3. The summed E-state index contributed by atoms with van der Waals surface area (Å²) in [6.45, 7) is 0. The topological polar surface area (TPSA) is 108 Å². The molecule has 170 valence electrons. The Kier molecular flexibility index (Phi) is 6.22. The number of carboxylic acids is 1. The minimum atomic E-state index is -1.03. The van der Waals surface area contributed by atoms with E-state index in [1.165, 1.54) is 25.0 Å². The van der Waals surface area contributed by atoms with E-state index in [9.17, 15) is 19.5 Å². The van der Waals surface area contributed by atoms with Crippen LogP contribution in [0.25, 0.3) is 28.1 Å². The molecule has 1 aromatic heterocycles. The number of carbonyl (C=O) groups excluding carboxylic acids is 2. The second-order valence-electron chi connectivity index (χ2n) is 7.23. The quantitative estimate of drug-likeness (QED) is 0.426. The summed E-state index contributed by atoms with van der Waals surface area (Å²) in [7, 11) is 2.44. The maximum Gasteiger partial charge on any atom is 0.357 e. The Hall–Kier alpha value is -4.72. The summed E-state index contributed by atoms with van der Waals surface area (Å²) < 4.78 is 11.2. The van der Waals surface area contributed by atoms with Crippen LogP contribution in [-0.2, 0) is 9.47 Å². The van der Waals surface area contributed by atoms with Crippen molar-refractivity contribution in [1.29, 1.82) is 0 Å². The molecular weight excluding hydrogens is 436 g/mol. The molecule has 3 aromatic carbocycles. The number of rotatable bonds is 6. The molecule has 1 N–H and O–H groups in total. The van der Waals surface area contributed by atoms with Crippen LogP contribution in [0.2, 0.25) is 0 Å². The van der Waals surface area contributed by atoms with Gasteiger partial charge >= 0.3 is 17.9 Å². The average Bonchev–Trinajstić information content (AvgIpc) is 3.29. The van der Waals surface area contributed by atoms with E-state index >= 15 is 0 Å². The largest absolute Gasteiger partial charge is 0.478 e. The van der Waals surface area contributed by atoms with Gasteiger partial charge < -0.3 is 14.6 Å². The third-order valence-corrected chi connectivity index (χ3v) is 5.28. The van der Waals surface area contributed by atoms with Gasteiger partial charge in [0.15, 0.2) is 5.69 Å². The zero-order chi connectivity index (χ0) is 24.2. The molecule has 0 saturated carbocycles. The third-order valence-electron chi connectivity index (χ3n) is 5.28. The number of hydrogen-bond donors (Lipinski definition) is 1. The van der Waals surface area contributed by atoms with E-state index in [4.69, 9.17) is 9.47 Å². The number of esters is 2. The van der Waals surface area contributed by atoms with E-state index in [-0.39, 0.29) is 22.5 Å². The van der Waals surface area contributed by atoms with Crippen LogP contribution in [-0.4, -0.2) is 47.0 Å². The summed E-state index contributed by atoms with van der Waals surface area (Å²) >= 11 is 0. The van der Waals surface area contributed by atoms with Gasteiger partial charge in [-0.1, -0.05) is 60.7 Å². The van der Waals surface area contributed by atoms with Gasteiger partial charge in [0.25, 0.3) is 0 Å². The number of hydrogen-bond acceptors (Lipinski definition) is 6. The first-order valence-electron chi connectivity index (χ1n) is 10.2. The van der Waals surface area contributed by atoms with Gasteiger partial charge in [-0.05, 0) is 29.3 Å². The normalized spacial score (nSPS) is 10.5. The van der Waals surface area contributed by atoms with Crippen molar-refractivity contribution in [2.75, 3.05) is 14.2 Å². The Balaban J connectivity index is 1.90. The number of para-hydroxylation sites is 1. The first-order valence-corrected chi connectivity index (χ1v) is 10.2. The van der Waals surface area contributed by atoms with Crippen molar-refractivity contribution in [2.45, 2.75) is 0 Å². The van der Waals surface area contributed by atoms with Gasteiger partial charge in [0, 0.05) is 5.56 Å². The molecule has 4 aromatic rings. The van der Waals surface area contributed by atoms with Gasteiger partial charge in [0.1, 0.15) is 11.3 Å². The summed E-state index contributed by atoms with van der Waals surface area (Å²) in [5.41, 5.74) is 2.65. The molecule has 0 saturated heterocycles. The Morgan fingerprint density at radius 2 is 1.35 bits per heavy atom. The molecule has 0 bridgehead atoms. The molecule has 0 aliphatic rings. The van der Waals surface area contributed by atoms with Crippen molar-refractivity contribution in [3.05, 3.63) is 95.7 Å². The lowest BCUT2D eigenvalue weighted by Gasteiger charge is -2.08. The van der Waals surface area contributed by atoms with Crippen LogP contribution in [0.1, 0.15) is 31.2 Å². The van der Waals surface area contributed by atoms with Crippen LogP contribution in [0.3, 0.4) is 0 Å². The number of ether oxygens (including phenoxy) is 2. The fraction of sp³-hybridized carbons (Fsp3) is 0.0769. The first-order chi connectivity index (χ1) is 16.5. The molecular formula is C26H20N2O6. The summed E-state index contributed by atoms with van der Waals surface area (Å²) in [6, 6.07) is 22.4. The van der Waals surface area contributed by atoms with Gasteiger partial charge in [-0.15, -0.1) is 0 Å². The molecule has 0 unspecified atom stereocenters. The molecule has 1 heterocycles.